The van der Waals surface area contributed by atoms with Gasteiger partial charge in [-0.2, -0.15) is 0 Å². The third-order valence-electron chi connectivity index (χ3n) is 6.13. The second-order valence-corrected chi connectivity index (χ2v) is 12.1. The van der Waals surface area contributed by atoms with Gasteiger partial charge in [0.2, 0.25) is 5.91 Å². The Balaban J connectivity index is 1.55. The van der Waals surface area contributed by atoms with Crippen LogP contribution in [0.15, 0.2) is 121 Å². The minimum Gasteiger partial charge on any atom is -0.354 e. The Morgan fingerprint density at radius 2 is 1.09 bits per heavy atom. The number of hydrogen-bond acceptors (Lipinski definition) is 3. The molecule has 4 aromatic rings. The van der Waals surface area contributed by atoms with Crippen LogP contribution in [-0.2, 0) is 19.1 Å². The van der Waals surface area contributed by atoms with Gasteiger partial charge in [-0.05, 0) is 17.5 Å². The van der Waals surface area contributed by atoms with Crippen molar-refractivity contribution >= 4 is 32.1 Å². The highest BCUT2D eigenvalue weighted by Crippen LogP contribution is 2.44. The first-order chi connectivity index (χ1) is 17.1. The highest BCUT2D eigenvalue weighted by atomic mass is 31.2. The summed E-state index contributed by atoms with van der Waals surface area (Å²) in [6.07, 6.45) is 0.933. The maximum atomic E-state index is 14.2. The predicted octanol–water partition coefficient (Wildman–Crippen LogP) is 5.74. The van der Waals surface area contributed by atoms with Crippen LogP contribution in [0.1, 0.15) is 17.5 Å². The lowest BCUT2D eigenvalue weighted by Crippen LogP contribution is -2.42. The second-order valence-electron chi connectivity index (χ2n) is 8.28. The summed E-state index contributed by atoms with van der Waals surface area (Å²) in [6.45, 7) is 0.319. The van der Waals surface area contributed by atoms with E-state index in [1.807, 2.05) is 121 Å². The maximum Gasteiger partial charge on any atom is 0.246 e. The fourth-order valence-corrected chi connectivity index (χ4v) is 7.71. The van der Waals surface area contributed by atoms with Crippen molar-refractivity contribution in [1.82, 2.24) is 5.32 Å². The van der Waals surface area contributed by atoms with Crippen molar-refractivity contribution in [2.24, 2.45) is 0 Å². The Morgan fingerprint density at radius 1 is 0.686 bits per heavy atom. The Kier molecular flexibility index (Phi) is 8.08. The SMILES string of the molecule is O=PC(C(=O)NCCCP(=O)(c1ccccc1)c1ccccc1)(c1ccccc1)c1ccccc1. The molecule has 0 aliphatic carbocycles. The molecule has 0 bridgehead atoms. The normalized spacial score (nSPS) is 11.8. The first-order valence-corrected chi connectivity index (χ1v) is 14.3. The monoisotopic (exact) mass is 499 g/mol. The number of rotatable bonds is 10. The van der Waals surface area contributed by atoms with E-state index in [1.54, 1.807) is 0 Å². The number of carbonyl (C=O) groups excluding carboxylic acids is 1. The van der Waals surface area contributed by atoms with Crippen LogP contribution in [-0.4, -0.2) is 18.6 Å². The van der Waals surface area contributed by atoms with E-state index in [0.717, 1.165) is 10.6 Å². The summed E-state index contributed by atoms with van der Waals surface area (Å²) in [6, 6.07) is 37.3. The van der Waals surface area contributed by atoms with E-state index in [-0.39, 0.29) is 14.4 Å². The average molecular weight is 499 g/mol. The molecule has 1 N–H and O–H groups in total. The van der Waals surface area contributed by atoms with E-state index < -0.39 is 12.3 Å². The molecule has 0 radical (unpaired) electrons. The lowest BCUT2D eigenvalue weighted by atomic mass is 9.89. The molecular formula is C29H27NO3P2. The quantitative estimate of drug-likeness (QED) is 0.224. The zero-order chi connectivity index (χ0) is 24.6. The fraction of sp³-hybridized carbons (Fsp3) is 0.138. The zero-order valence-electron chi connectivity index (χ0n) is 19.3. The van der Waals surface area contributed by atoms with Gasteiger partial charge in [0.1, 0.15) is 7.14 Å². The fourth-order valence-electron chi connectivity index (χ4n) is 4.31. The lowest BCUT2D eigenvalue weighted by molar-refractivity contribution is -0.122. The summed E-state index contributed by atoms with van der Waals surface area (Å²) < 4.78 is 26.8. The van der Waals surface area contributed by atoms with Gasteiger partial charge in [-0.25, -0.2) is 0 Å². The summed E-state index contributed by atoms with van der Waals surface area (Å²) in [7, 11) is -3.18. The molecule has 6 heteroatoms. The summed E-state index contributed by atoms with van der Waals surface area (Å²) in [5.41, 5.74) is 1.30. The maximum absolute atomic E-state index is 14.2. The molecule has 4 nitrogen and oxygen atoms in total. The largest absolute Gasteiger partial charge is 0.354 e. The van der Waals surface area contributed by atoms with Crippen molar-refractivity contribution in [1.29, 1.82) is 0 Å². The Hall–Kier alpha value is -3.32. The smallest absolute Gasteiger partial charge is 0.246 e. The summed E-state index contributed by atoms with van der Waals surface area (Å²) >= 11 is 0. The molecule has 35 heavy (non-hydrogen) atoms. The lowest BCUT2D eigenvalue weighted by Gasteiger charge is -2.27. The van der Waals surface area contributed by atoms with Crippen molar-refractivity contribution in [3.63, 3.8) is 0 Å². The molecule has 1 amide bonds. The van der Waals surface area contributed by atoms with Crippen LogP contribution in [0.5, 0.6) is 0 Å². The Bertz CT molecular complexity index is 1210. The molecule has 4 rings (SSSR count). The molecule has 0 saturated carbocycles. The number of amides is 1. The van der Waals surface area contributed by atoms with Crippen molar-refractivity contribution < 1.29 is 13.9 Å². The highest BCUT2D eigenvalue weighted by Gasteiger charge is 2.43. The zero-order valence-corrected chi connectivity index (χ0v) is 21.1. The van der Waals surface area contributed by atoms with Crippen molar-refractivity contribution in [3.8, 4) is 0 Å². The van der Waals surface area contributed by atoms with Gasteiger partial charge in [0.25, 0.3) is 0 Å². The Labute approximate surface area is 208 Å². The molecule has 176 valence electrons. The van der Waals surface area contributed by atoms with Gasteiger partial charge in [0.15, 0.2) is 13.6 Å². The predicted molar refractivity (Wildman–Crippen MR) is 144 cm³/mol. The molecule has 0 aliphatic heterocycles. The molecule has 0 heterocycles. The molecule has 0 spiro atoms. The number of carbonyl (C=O) groups is 1. The number of benzene rings is 4. The van der Waals surface area contributed by atoms with Crippen LogP contribution in [0.25, 0.3) is 0 Å². The van der Waals surface area contributed by atoms with Crippen molar-refractivity contribution in [3.05, 3.63) is 132 Å². The number of nitrogens with one attached hydrogen (secondary N) is 1. The van der Waals surface area contributed by atoms with Crippen LogP contribution in [0, 0.1) is 0 Å². The van der Waals surface area contributed by atoms with Crippen molar-refractivity contribution in [2.75, 3.05) is 12.7 Å². The van der Waals surface area contributed by atoms with Crippen LogP contribution < -0.4 is 15.9 Å². The van der Waals surface area contributed by atoms with E-state index in [2.05, 4.69) is 5.32 Å². The average Bonchev–Trinajstić information content (AvgIpc) is 2.94. The standard InChI is InChI=1S/C29H27NO3P2/c31-28(29(34-32,24-14-5-1-6-15-24)25-16-7-2-8-17-25)30-22-13-23-35(33,26-18-9-3-10-19-26)27-20-11-4-12-21-27/h1-12,14-21H,13,22-23H2,(H,30,31). The molecular weight excluding hydrogens is 472 g/mol. The highest BCUT2D eigenvalue weighted by molar-refractivity contribution is 7.78. The molecule has 0 saturated heterocycles. The second kappa shape index (κ2) is 11.4. The van der Waals surface area contributed by atoms with Crippen LogP contribution >= 0.6 is 15.6 Å². The summed E-state index contributed by atoms with van der Waals surface area (Å²) in [5.74, 6) is -0.346. The van der Waals surface area contributed by atoms with Gasteiger partial charge >= 0.3 is 0 Å². The topological polar surface area (TPSA) is 63.2 Å². The van der Waals surface area contributed by atoms with Crippen LogP contribution in [0.4, 0.5) is 0 Å². The third-order valence-corrected chi connectivity index (χ3v) is 10.3. The first-order valence-electron chi connectivity index (χ1n) is 11.6. The summed E-state index contributed by atoms with van der Waals surface area (Å²) in [5, 5.41) is 3.23. The van der Waals surface area contributed by atoms with Gasteiger partial charge in [-0.15, -0.1) is 0 Å². The van der Waals surface area contributed by atoms with Gasteiger partial charge in [-0.3, -0.25) is 9.36 Å². The first kappa shape index (κ1) is 24.8. The van der Waals surface area contributed by atoms with Gasteiger partial charge in [0, 0.05) is 23.3 Å². The van der Waals surface area contributed by atoms with E-state index in [9.17, 15) is 13.9 Å². The van der Waals surface area contributed by atoms with Crippen LogP contribution in [0.3, 0.4) is 0 Å². The molecule has 0 aromatic heterocycles. The molecule has 0 fully saturated rings. The molecule has 0 atom stereocenters. The van der Waals surface area contributed by atoms with Gasteiger partial charge in [0.05, 0.1) is 0 Å². The number of hydrogen-bond donors (Lipinski definition) is 1. The summed E-state index contributed by atoms with van der Waals surface area (Å²) in [4.78, 5) is 13.6. The van der Waals surface area contributed by atoms with Crippen molar-refractivity contribution in [2.45, 2.75) is 11.6 Å². The minimum atomic E-state index is -2.86. The minimum absolute atomic E-state index is 0.317. The molecule has 4 aromatic carbocycles. The van der Waals surface area contributed by atoms with Gasteiger partial charge < -0.3 is 9.88 Å². The van der Waals surface area contributed by atoms with Crippen LogP contribution in [0.2, 0.25) is 0 Å². The van der Waals surface area contributed by atoms with E-state index in [4.69, 9.17) is 0 Å². The van der Waals surface area contributed by atoms with E-state index in [1.165, 1.54) is 0 Å². The molecule has 0 aliphatic rings. The van der Waals surface area contributed by atoms with E-state index in [0.29, 0.717) is 30.3 Å². The molecule has 0 unspecified atom stereocenters. The Morgan fingerprint density at radius 3 is 1.49 bits per heavy atom. The van der Waals surface area contributed by atoms with E-state index >= 15 is 0 Å². The van der Waals surface area contributed by atoms with Gasteiger partial charge in [-0.1, -0.05) is 121 Å². The third kappa shape index (κ3) is 5.20.